The van der Waals surface area contributed by atoms with E-state index in [9.17, 15) is 14.7 Å². The number of ether oxygens (including phenoxy) is 1. The Hall–Kier alpha value is -1.52. The first-order valence-electron chi connectivity index (χ1n) is 6.99. The average Bonchev–Trinajstić information content (AvgIpc) is 3.06. The Morgan fingerprint density at radius 1 is 1.14 bits per heavy atom. The van der Waals surface area contributed by atoms with Crippen LogP contribution in [0.1, 0.15) is 12.0 Å². The van der Waals surface area contributed by atoms with Gasteiger partial charge in [-0.2, -0.15) is 0 Å². The molecule has 4 atom stereocenters. The van der Waals surface area contributed by atoms with Gasteiger partial charge in [0.1, 0.15) is 6.61 Å². The summed E-state index contributed by atoms with van der Waals surface area (Å²) in [5.74, 6) is -2.92. The van der Waals surface area contributed by atoms with Gasteiger partial charge in [0, 0.05) is 15.6 Å². The molecule has 2 aliphatic rings. The van der Waals surface area contributed by atoms with Gasteiger partial charge < -0.3 is 9.84 Å². The van der Waals surface area contributed by atoms with Crippen LogP contribution in [0.2, 0.25) is 10.0 Å². The molecule has 2 aliphatic carbocycles. The van der Waals surface area contributed by atoms with Crippen LogP contribution >= 0.6 is 23.2 Å². The molecule has 0 radical (unpaired) electrons. The van der Waals surface area contributed by atoms with Crippen molar-refractivity contribution in [1.29, 1.82) is 0 Å². The van der Waals surface area contributed by atoms with Gasteiger partial charge in [-0.05, 0) is 30.4 Å². The Balaban J connectivity index is 1.72. The van der Waals surface area contributed by atoms with Gasteiger partial charge in [-0.1, -0.05) is 41.4 Å². The predicted molar refractivity (Wildman–Crippen MR) is 81.6 cm³/mol. The van der Waals surface area contributed by atoms with Crippen molar-refractivity contribution in [2.45, 2.75) is 13.0 Å². The monoisotopic (exact) mass is 340 g/mol. The van der Waals surface area contributed by atoms with E-state index < -0.39 is 23.8 Å². The summed E-state index contributed by atoms with van der Waals surface area (Å²) in [6, 6.07) is 5.03. The maximum Gasteiger partial charge on any atom is 0.310 e. The zero-order chi connectivity index (χ0) is 15.9. The van der Waals surface area contributed by atoms with Gasteiger partial charge in [0.25, 0.3) is 0 Å². The Labute approximate surface area is 137 Å². The molecule has 0 saturated heterocycles. The van der Waals surface area contributed by atoms with Crippen LogP contribution in [0.4, 0.5) is 0 Å². The van der Waals surface area contributed by atoms with E-state index in [2.05, 4.69) is 0 Å². The molecule has 1 aromatic rings. The fourth-order valence-corrected chi connectivity index (χ4v) is 3.90. The van der Waals surface area contributed by atoms with Gasteiger partial charge in [0.05, 0.1) is 11.8 Å². The highest BCUT2D eigenvalue weighted by atomic mass is 35.5. The van der Waals surface area contributed by atoms with Gasteiger partial charge in [-0.15, -0.1) is 0 Å². The second-order valence-electron chi connectivity index (χ2n) is 5.65. The van der Waals surface area contributed by atoms with Crippen LogP contribution < -0.4 is 0 Å². The standard InChI is InChI=1S/C16H14Cl2O4/c17-11-2-1-3-12(18)10(11)7-22-16(21)14-9-5-4-8(6-9)13(14)15(19)20/h1-5,8-9,13-14H,6-7H2,(H,19,20)/t8-,9-,13+,14+/m0/s1. The van der Waals surface area contributed by atoms with E-state index in [0.29, 0.717) is 22.0 Å². The Morgan fingerprint density at radius 3 is 2.32 bits per heavy atom. The maximum absolute atomic E-state index is 12.3. The molecule has 6 heteroatoms. The Kier molecular flexibility index (Phi) is 4.15. The third-order valence-corrected chi connectivity index (χ3v) is 5.15. The van der Waals surface area contributed by atoms with Crippen molar-refractivity contribution in [2.75, 3.05) is 0 Å². The lowest BCUT2D eigenvalue weighted by Gasteiger charge is -2.23. The molecule has 1 saturated carbocycles. The zero-order valence-electron chi connectivity index (χ0n) is 11.5. The lowest BCUT2D eigenvalue weighted by Crippen LogP contribution is -2.34. The Morgan fingerprint density at radius 2 is 1.73 bits per heavy atom. The van der Waals surface area contributed by atoms with E-state index in [4.69, 9.17) is 27.9 Å². The minimum absolute atomic E-state index is 0.0543. The molecular weight excluding hydrogens is 327 g/mol. The molecule has 116 valence electrons. The largest absolute Gasteiger partial charge is 0.481 e. The highest BCUT2D eigenvalue weighted by Crippen LogP contribution is 2.48. The number of allylic oxidation sites excluding steroid dienone is 2. The molecular formula is C16H14Cl2O4. The average molecular weight is 341 g/mol. The molecule has 3 rings (SSSR count). The second-order valence-corrected chi connectivity index (χ2v) is 6.46. The third kappa shape index (κ3) is 2.61. The minimum atomic E-state index is -0.949. The van der Waals surface area contributed by atoms with Gasteiger partial charge in [-0.3, -0.25) is 9.59 Å². The van der Waals surface area contributed by atoms with E-state index >= 15 is 0 Å². The van der Waals surface area contributed by atoms with Crippen LogP contribution in [-0.2, 0) is 20.9 Å². The molecule has 2 bridgehead atoms. The molecule has 22 heavy (non-hydrogen) atoms. The number of carbonyl (C=O) groups excluding carboxylic acids is 1. The minimum Gasteiger partial charge on any atom is -0.481 e. The van der Waals surface area contributed by atoms with Crippen LogP contribution in [-0.4, -0.2) is 17.0 Å². The van der Waals surface area contributed by atoms with Crippen molar-refractivity contribution in [3.8, 4) is 0 Å². The summed E-state index contributed by atoms with van der Waals surface area (Å²) in [7, 11) is 0. The molecule has 0 spiro atoms. The number of carbonyl (C=O) groups is 2. The number of rotatable bonds is 4. The zero-order valence-corrected chi connectivity index (χ0v) is 13.1. The second kappa shape index (κ2) is 5.94. The van der Waals surface area contributed by atoms with Crippen LogP contribution in [0.15, 0.2) is 30.4 Å². The van der Waals surface area contributed by atoms with E-state index in [1.165, 1.54) is 0 Å². The lowest BCUT2D eigenvalue weighted by molar-refractivity contribution is -0.159. The molecule has 1 fully saturated rings. The topological polar surface area (TPSA) is 63.6 Å². The van der Waals surface area contributed by atoms with Crippen molar-refractivity contribution < 1.29 is 19.4 Å². The molecule has 1 N–H and O–H groups in total. The van der Waals surface area contributed by atoms with Crippen molar-refractivity contribution in [1.82, 2.24) is 0 Å². The number of carboxylic acids is 1. The quantitative estimate of drug-likeness (QED) is 0.672. The number of hydrogen-bond donors (Lipinski definition) is 1. The summed E-state index contributed by atoms with van der Waals surface area (Å²) in [6.45, 7) is -0.0543. The van der Waals surface area contributed by atoms with Gasteiger partial charge in [0.2, 0.25) is 0 Å². The number of fused-ring (bicyclic) bond motifs is 2. The lowest BCUT2D eigenvalue weighted by atomic mass is 9.83. The normalized spacial score (nSPS) is 28.8. The highest BCUT2D eigenvalue weighted by molar-refractivity contribution is 6.35. The predicted octanol–water partition coefficient (Wildman–Crippen LogP) is 3.56. The number of carboxylic acid groups (broad SMARTS) is 1. The number of hydrogen-bond acceptors (Lipinski definition) is 3. The highest BCUT2D eigenvalue weighted by Gasteiger charge is 2.52. The van der Waals surface area contributed by atoms with Crippen molar-refractivity contribution in [3.63, 3.8) is 0 Å². The van der Waals surface area contributed by atoms with Crippen LogP contribution in [0.25, 0.3) is 0 Å². The molecule has 1 aromatic carbocycles. The van der Waals surface area contributed by atoms with Gasteiger partial charge in [0.15, 0.2) is 0 Å². The van der Waals surface area contributed by atoms with E-state index in [1.54, 1.807) is 18.2 Å². The maximum atomic E-state index is 12.3. The number of aliphatic carboxylic acids is 1. The first kappa shape index (κ1) is 15.4. The molecule has 0 amide bonds. The SMILES string of the molecule is O=C(O)[C@H]1[C@H](C(=O)OCc2c(Cl)cccc2Cl)[C@H]2C=C[C@H]1C2. The summed E-state index contributed by atoms with van der Waals surface area (Å²) < 4.78 is 5.30. The van der Waals surface area contributed by atoms with Crippen LogP contribution in [0.5, 0.6) is 0 Å². The van der Waals surface area contributed by atoms with E-state index in [0.717, 1.165) is 0 Å². The van der Waals surface area contributed by atoms with Crippen LogP contribution in [0.3, 0.4) is 0 Å². The van der Waals surface area contributed by atoms with Crippen molar-refractivity contribution >= 4 is 35.1 Å². The fraction of sp³-hybridized carbons (Fsp3) is 0.375. The molecule has 0 aliphatic heterocycles. The Bertz CT molecular complexity index is 635. The first-order chi connectivity index (χ1) is 10.5. The smallest absolute Gasteiger partial charge is 0.310 e. The fourth-order valence-electron chi connectivity index (χ4n) is 3.39. The summed E-state index contributed by atoms with van der Waals surface area (Å²) >= 11 is 12.1. The van der Waals surface area contributed by atoms with Crippen molar-refractivity contribution in [2.24, 2.45) is 23.7 Å². The third-order valence-electron chi connectivity index (χ3n) is 4.44. The van der Waals surface area contributed by atoms with E-state index in [-0.39, 0.29) is 18.4 Å². The number of esters is 1. The van der Waals surface area contributed by atoms with E-state index in [1.807, 2.05) is 12.2 Å². The summed E-state index contributed by atoms with van der Waals surface area (Å²) in [6.07, 6.45) is 4.50. The summed E-state index contributed by atoms with van der Waals surface area (Å²) in [5, 5.41) is 10.2. The molecule has 0 unspecified atom stereocenters. The molecule has 4 nitrogen and oxygen atoms in total. The van der Waals surface area contributed by atoms with Gasteiger partial charge in [-0.25, -0.2) is 0 Å². The number of benzene rings is 1. The molecule has 0 aromatic heterocycles. The molecule has 0 heterocycles. The first-order valence-corrected chi connectivity index (χ1v) is 7.75. The van der Waals surface area contributed by atoms with Gasteiger partial charge >= 0.3 is 11.9 Å². The summed E-state index contributed by atoms with van der Waals surface area (Å²) in [4.78, 5) is 23.7. The number of halogens is 2. The van der Waals surface area contributed by atoms with Crippen LogP contribution in [0, 0.1) is 23.7 Å². The summed E-state index contributed by atoms with van der Waals surface area (Å²) in [5.41, 5.74) is 0.532. The van der Waals surface area contributed by atoms with Crippen molar-refractivity contribution in [3.05, 3.63) is 46.0 Å².